The van der Waals surface area contributed by atoms with Crippen LogP contribution in [0.1, 0.15) is 10.4 Å². The van der Waals surface area contributed by atoms with Crippen molar-refractivity contribution in [2.45, 2.75) is 6.54 Å². The molecule has 0 radical (unpaired) electrons. The van der Waals surface area contributed by atoms with E-state index in [0.717, 1.165) is 11.3 Å². The maximum atomic E-state index is 13.0. The van der Waals surface area contributed by atoms with E-state index in [2.05, 4.69) is 0 Å². The highest BCUT2D eigenvalue weighted by atomic mass is 79.9. The van der Waals surface area contributed by atoms with Gasteiger partial charge in [0.2, 0.25) is 0 Å². The number of aromatic nitrogens is 2. The third kappa shape index (κ3) is 4.08. The molecule has 0 atom stereocenters. The minimum atomic E-state index is -0.373. The van der Waals surface area contributed by atoms with Crippen LogP contribution < -0.4 is 27.3 Å². The second-order valence-electron chi connectivity index (χ2n) is 5.50. The van der Waals surface area contributed by atoms with Crippen molar-refractivity contribution in [3.05, 3.63) is 71.1 Å². The second-order valence-corrected chi connectivity index (χ2v) is 5.94. The molecule has 0 saturated heterocycles. The van der Waals surface area contributed by atoms with Crippen LogP contribution in [-0.2, 0) is 13.6 Å². The summed E-state index contributed by atoms with van der Waals surface area (Å²) in [6.45, 7) is 0.0753. The van der Waals surface area contributed by atoms with Crippen molar-refractivity contribution in [1.82, 2.24) is 4.57 Å². The summed E-state index contributed by atoms with van der Waals surface area (Å²) in [6, 6.07) is 12.9. The fourth-order valence-electron chi connectivity index (χ4n) is 2.54. The van der Waals surface area contributed by atoms with E-state index in [1.807, 2.05) is 31.4 Å². The number of hydrogen-bond acceptors (Lipinski definition) is 2. The first-order valence-electron chi connectivity index (χ1n) is 7.35. The first-order chi connectivity index (χ1) is 11.5. The summed E-state index contributed by atoms with van der Waals surface area (Å²) in [6.07, 6.45) is 1.81. The lowest BCUT2D eigenvalue weighted by atomic mass is 10.1. The summed E-state index contributed by atoms with van der Waals surface area (Å²) < 4.78 is 16.4. The van der Waals surface area contributed by atoms with Gasteiger partial charge in [-0.1, -0.05) is 23.7 Å². The lowest BCUT2D eigenvalue weighted by Gasteiger charge is -2.00. The standard InChI is InChI=1S/C18H15ClFN3O.BrH/c1-22-16(13-3-2-4-14(19)9-13)10-23(18(22)21)11-17(24)12-5-7-15(20)8-6-12;/h2-10,21H,11H2,1H3;1H. The van der Waals surface area contributed by atoms with Gasteiger partial charge in [0.05, 0.1) is 7.05 Å². The Bertz CT molecular complexity index is 909. The van der Waals surface area contributed by atoms with Gasteiger partial charge in [-0.2, -0.15) is 0 Å². The predicted molar refractivity (Wildman–Crippen MR) is 91.2 cm³/mol. The molecule has 1 aromatic heterocycles. The Balaban J connectivity index is 0.00000225. The van der Waals surface area contributed by atoms with Gasteiger partial charge in [-0.25, -0.2) is 13.5 Å². The number of anilines is 1. The van der Waals surface area contributed by atoms with E-state index in [1.54, 1.807) is 15.2 Å². The summed E-state index contributed by atoms with van der Waals surface area (Å²) in [5.74, 6) is -0.0722. The zero-order valence-electron chi connectivity index (χ0n) is 13.4. The maximum Gasteiger partial charge on any atom is 0.355 e. The summed E-state index contributed by atoms with van der Waals surface area (Å²) in [4.78, 5) is 12.4. The van der Waals surface area contributed by atoms with Gasteiger partial charge in [0.25, 0.3) is 0 Å². The lowest BCUT2D eigenvalue weighted by molar-refractivity contribution is -0.667. The first-order valence-corrected chi connectivity index (χ1v) is 7.73. The molecule has 0 unspecified atom stereocenters. The fourth-order valence-corrected chi connectivity index (χ4v) is 2.73. The number of nitrogen functional groups attached to an aromatic ring is 1. The number of Topliss-reactive ketones (excluding diaryl/α,β-unsaturated/α-hetero) is 1. The number of ketones is 1. The van der Waals surface area contributed by atoms with Gasteiger partial charge >= 0.3 is 5.95 Å². The normalized spacial score (nSPS) is 10.4. The number of benzene rings is 2. The molecule has 0 aliphatic carbocycles. The van der Waals surface area contributed by atoms with Gasteiger partial charge in [-0.3, -0.25) is 10.5 Å². The molecule has 0 aliphatic heterocycles. The van der Waals surface area contributed by atoms with Gasteiger partial charge in [0, 0.05) is 16.1 Å². The SMILES string of the molecule is Cn1c(-c2cccc(Cl)c2)c[n+](CC(=O)c2ccc(F)cc2)c1N.[Br-]. The molecule has 0 spiro atoms. The molecule has 0 fully saturated rings. The highest BCUT2D eigenvalue weighted by Gasteiger charge is 2.20. The minimum Gasteiger partial charge on any atom is -1.00 e. The first kappa shape index (κ1) is 19.1. The molecule has 130 valence electrons. The molecule has 3 aromatic rings. The molecule has 0 aliphatic rings. The predicted octanol–water partition coefficient (Wildman–Crippen LogP) is 0.241. The number of imidazole rings is 1. The largest absolute Gasteiger partial charge is 1.00 e. The highest BCUT2D eigenvalue weighted by molar-refractivity contribution is 6.30. The smallest absolute Gasteiger partial charge is 0.355 e. The van der Waals surface area contributed by atoms with E-state index in [-0.39, 0.29) is 35.1 Å². The topological polar surface area (TPSA) is 51.9 Å². The number of nitrogens with zero attached hydrogens (tertiary/aromatic N) is 2. The summed E-state index contributed by atoms with van der Waals surface area (Å²) in [5, 5.41) is 0.626. The van der Waals surface area contributed by atoms with Crippen molar-refractivity contribution in [2.24, 2.45) is 7.05 Å². The van der Waals surface area contributed by atoms with Crippen LogP contribution in [0.15, 0.2) is 54.7 Å². The van der Waals surface area contributed by atoms with E-state index < -0.39 is 0 Å². The van der Waals surface area contributed by atoms with Gasteiger partial charge in [-0.05, 0) is 36.4 Å². The Hall–Kier alpha value is -2.18. The number of hydrogen-bond donors (Lipinski definition) is 1. The summed E-state index contributed by atoms with van der Waals surface area (Å²) >= 11 is 6.04. The molecular weight excluding hydrogens is 409 g/mol. The Morgan fingerprint density at radius 2 is 1.92 bits per heavy atom. The van der Waals surface area contributed by atoms with E-state index in [9.17, 15) is 9.18 Å². The third-order valence-electron chi connectivity index (χ3n) is 3.88. The van der Waals surface area contributed by atoms with Crippen molar-refractivity contribution in [3.8, 4) is 11.3 Å². The molecule has 1 heterocycles. The van der Waals surface area contributed by atoms with E-state index >= 15 is 0 Å². The van der Waals surface area contributed by atoms with Crippen molar-refractivity contribution >= 4 is 23.3 Å². The monoisotopic (exact) mass is 423 g/mol. The van der Waals surface area contributed by atoms with Gasteiger partial charge in [0.15, 0.2) is 5.78 Å². The zero-order chi connectivity index (χ0) is 17.3. The fraction of sp³-hybridized carbons (Fsp3) is 0.111. The van der Waals surface area contributed by atoms with E-state index in [1.165, 1.54) is 24.3 Å². The second kappa shape index (κ2) is 7.80. The van der Waals surface area contributed by atoms with E-state index in [4.69, 9.17) is 17.3 Å². The van der Waals surface area contributed by atoms with Gasteiger partial charge < -0.3 is 17.0 Å². The third-order valence-corrected chi connectivity index (χ3v) is 4.11. The summed E-state index contributed by atoms with van der Waals surface area (Å²) in [7, 11) is 1.82. The van der Waals surface area contributed by atoms with Crippen LogP contribution in [0.5, 0.6) is 0 Å². The molecule has 25 heavy (non-hydrogen) atoms. The lowest BCUT2D eigenvalue weighted by Crippen LogP contribution is -3.00. The molecule has 7 heteroatoms. The van der Waals surface area contributed by atoms with E-state index in [0.29, 0.717) is 16.5 Å². The van der Waals surface area contributed by atoms with Gasteiger partial charge in [-0.15, -0.1) is 0 Å². The number of rotatable bonds is 4. The zero-order valence-corrected chi connectivity index (χ0v) is 15.8. The van der Waals surface area contributed by atoms with Gasteiger partial charge in [0.1, 0.15) is 24.3 Å². The average molecular weight is 425 g/mol. The number of carbonyl (C=O) groups is 1. The molecule has 0 bridgehead atoms. The molecule has 2 aromatic carbocycles. The Morgan fingerprint density at radius 3 is 2.56 bits per heavy atom. The van der Waals surface area contributed by atoms with Crippen LogP contribution in [0.25, 0.3) is 11.3 Å². The van der Waals surface area contributed by atoms with Crippen molar-refractivity contribution in [1.29, 1.82) is 0 Å². The van der Waals surface area contributed by atoms with Crippen LogP contribution in [0.4, 0.5) is 10.3 Å². The number of nitrogens with two attached hydrogens (primary N) is 1. The summed E-state index contributed by atoms with van der Waals surface area (Å²) in [5.41, 5.74) is 8.31. The molecule has 2 N–H and O–H groups in total. The van der Waals surface area contributed by atoms with Crippen LogP contribution in [0, 0.1) is 5.82 Å². The van der Waals surface area contributed by atoms with Crippen LogP contribution in [-0.4, -0.2) is 10.4 Å². The Labute approximate surface area is 160 Å². The van der Waals surface area contributed by atoms with Crippen molar-refractivity contribution in [2.75, 3.05) is 5.73 Å². The Kier molecular flexibility index (Phi) is 5.98. The maximum absolute atomic E-state index is 13.0. The molecular formula is C18H16BrClFN3O. The molecule has 0 saturated carbocycles. The number of halogens is 3. The molecule has 3 rings (SSSR count). The van der Waals surface area contributed by atoms with Crippen LogP contribution in [0.2, 0.25) is 5.02 Å². The molecule has 0 amide bonds. The molecule has 4 nitrogen and oxygen atoms in total. The number of carbonyl (C=O) groups excluding carboxylic acids is 1. The van der Waals surface area contributed by atoms with Crippen LogP contribution >= 0.6 is 11.6 Å². The van der Waals surface area contributed by atoms with Crippen molar-refractivity contribution < 1.29 is 30.7 Å². The Morgan fingerprint density at radius 1 is 1.24 bits per heavy atom. The van der Waals surface area contributed by atoms with Crippen LogP contribution in [0.3, 0.4) is 0 Å². The van der Waals surface area contributed by atoms with Crippen molar-refractivity contribution in [3.63, 3.8) is 0 Å². The minimum absolute atomic E-state index is 0. The average Bonchev–Trinajstić information content (AvgIpc) is 2.84. The highest BCUT2D eigenvalue weighted by Crippen LogP contribution is 2.23. The quantitative estimate of drug-likeness (QED) is 0.482.